The minimum Gasteiger partial charge on any atom is -1.00 e. The number of sulfonamides is 1. The molecular formula is C10H12F3N2NaO3S. The van der Waals surface area contributed by atoms with Gasteiger partial charge in [0.05, 0.1) is 5.69 Å². The summed E-state index contributed by atoms with van der Waals surface area (Å²) >= 11 is 0. The van der Waals surface area contributed by atoms with Gasteiger partial charge in [-0.15, -0.1) is 0 Å². The third kappa shape index (κ3) is 4.97. The summed E-state index contributed by atoms with van der Waals surface area (Å²) in [5.74, 6) is -0.423. The van der Waals surface area contributed by atoms with E-state index in [2.05, 4.69) is 5.32 Å². The van der Waals surface area contributed by atoms with Crippen molar-refractivity contribution in [2.45, 2.75) is 19.4 Å². The number of amides is 1. The first-order valence-corrected chi connectivity index (χ1v) is 6.48. The molecule has 0 radical (unpaired) electrons. The van der Waals surface area contributed by atoms with E-state index in [0.29, 0.717) is 5.56 Å². The Kier molecular flexibility index (Phi) is 6.53. The van der Waals surface area contributed by atoms with Gasteiger partial charge in [0, 0.05) is 12.6 Å². The Balaban J connectivity index is 0. The number of hydrogen-bond donors (Lipinski definition) is 2. The maximum absolute atomic E-state index is 12.2. The first-order valence-electron chi connectivity index (χ1n) is 5.00. The second-order valence-electron chi connectivity index (χ2n) is 3.76. The zero-order valence-corrected chi connectivity index (χ0v) is 13.8. The van der Waals surface area contributed by atoms with Crippen LogP contribution in [0.5, 0.6) is 0 Å². The Morgan fingerprint density at radius 3 is 2.30 bits per heavy atom. The Morgan fingerprint density at radius 1 is 1.30 bits per heavy atom. The Morgan fingerprint density at radius 2 is 1.85 bits per heavy atom. The van der Waals surface area contributed by atoms with Gasteiger partial charge < -0.3 is 6.74 Å². The van der Waals surface area contributed by atoms with Gasteiger partial charge in [0.15, 0.2) is 0 Å². The van der Waals surface area contributed by atoms with Crippen LogP contribution in [0.4, 0.5) is 24.5 Å². The zero-order chi connectivity index (χ0) is 14.8. The largest absolute Gasteiger partial charge is 1.00 e. The molecule has 1 aromatic carbocycles. The zero-order valence-electron chi connectivity index (χ0n) is 12.0. The fourth-order valence-electron chi connectivity index (χ4n) is 1.22. The number of halogens is 3. The monoisotopic (exact) mass is 320 g/mol. The van der Waals surface area contributed by atoms with E-state index in [1.807, 2.05) is 0 Å². The van der Waals surface area contributed by atoms with Crippen molar-refractivity contribution < 1.29 is 57.4 Å². The van der Waals surface area contributed by atoms with Gasteiger partial charge in [0.2, 0.25) is 5.91 Å². The molecule has 0 unspecified atom stereocenters. The number of benzene rings is 1. The van der Waals surface area contributed by atoms with Crippen molar-refractivity contribution >= 4 is 27.3 Å². The molecule has 0 aliphatic rings. The van der Waals surface area contributed by atoms with E-state index in [-0.39, 0.29) is 42.4 Å². The van der Waals surface area contributed by atoms with Crippen LogP contribution in [0.15, 0.2) is 18.2 Å². The van der Waals surface area contributed by atoms with Crippen LogP contribution < -0.4 is 39.6 Å². The summed E-state index contributed by atoms with van der Waals surface area (Å²) in [6.45, 7) is 2.66. The van der Waals surface area contributed by atoms with Crippen LogP contribution in [-0.4, -0.2) is 19.8 Å². The summed E-state index contributed by atoms with van der Waals surface area (Å²) in [6, 6.07) is 3.95. The first-order chi connectivity index (χ1) is 8.53. The Bertz CT molecular complexity index is 608. The molecule has 1 aromatic rings. The smallest absolute Gasteiger partial charge is 1.00 e. The van der Waals surface area contributed by atoms with Gasteiger partial charge in [-0.2, -0.15) is 21.6 Å². The summed E-state index contributed by atoms with van der Waals surface area (Å²) in [7, 11) is -5.48. The second kappa shape index (κ2) is 6.79. The maximum atomic E-state index is 12.2. The number of anilines is 2. The van der Waals surface area contributed by atoms with E-state index in [4.69, 9.17) is 0 Å². The van der Waals surface area contributed by atoms with Crippen molar-refractivity contribution in [1.29, 1.82) is 0 Å². The molecule has 0 aromatic heterocycles. The minimum atomic E-state index is -5.48. The van der Waals surface area contributed by atoms with Gasteiger partial charge in [-0.05, 0) is 24.6 Å². The van der Waals surface area contributed by atoms with Crippen LogP contribution in [0.2, 0.25) is 0 Å². The van der Waals surface area contributed by atoms with E-state index >= 15 is 0 Å². The molecule has 0 aliphatic carbocycles. The molecule has 1 amide bonds. The van der Waals surface area contributed by atoms with Crippen LogP contribution in [0.1, 0.15) is 13.9 Å². The van der Waals surface area contributed by atoms with E-state index in [1.54, 1.807) is 0 Å². The van der Waals surface area contributed by atoms with Gasteiger partial charge in [0.1, 0.15) is 0 Å². The number of carbonyl (C=O) groups is 1. The molecule has 108 valence electrons. The predicted molar refractivity (Wildman–Crippen MR) is 65.2 cm³/mol. The Labute approximate surface area is 137 Å². The summed E-state index contributed by atoms with van der Waals surface area (Å²) in [6.07, 6.45) is 0. The van der Waals surface area contributed by atoms with Crippen molar-refractivity contribution in [2.24, 2.45) is 0 Å². The first kappa shape index (κ1) is 19.2. The molecule has 0 saturated carbocycles. The van der Waals surface area contributed by atoms with E-state index in [1.165, 1.54) is 30.7 Å². The molecule has 0 spiro atoms. The fourth-order valence-corrected chi connectivity index (χ4v) is 1.84. The van der Waals surface area contributed by atoms with Gasteiger partial charge in [-0.1, -0.05) is 6.07 Å². The molecule has 0 aliphatic heterocycles. The molecule has 0 heterocycles. The molecule has 1 rings (SSSR count). The summed E-state index contributed by atoms with van der Waals surface area (Å²) in [5.41, 5.74) is -5.16. The average Bonchev–Trinajstić information content (AvgIpc) is 2.20. The SMILES string of the molecule is CC(=O)Nc1ccc(C)c(NS(=O)(=O)C(F)(F)F)c1.[H-].[Na+]. The van der Waals surface area contributed by atoms with Gasteiger partial charge >= 0.3 is 45.1 Å². The number of rotatable bonds is 3. The molecule has 2 N–H and O–H groups in total. The number of alkyl halides is 3. The summed E-state index contributed by atoms with van der Waals surface area (Å²) in [5, 5.41) is 2.34. The molecule has 0 saturated heterocycles. The molecule has 5 nitrogen and oxygen atoms in total. The van der Waals surface area contributed by atoms with Crippen molar-refractivity contribution in [3.05, 3.63) is 23.8 Å². The molecule has 0 bridgehead atoms. The summed E-state index contributed by atoms with van der Waals surface area (Å²) in [4.78, 5) is 10.8. The van der Waals surface area contributed by atoms with Crippen LogP contribution in [0, 0.1) is 6.92 Å². The topological polar surface area (TPSA) is 75.3 Å². The van der Waals surface area contributed by atoms with Gasteiger partial charge in [-0.25, -0.2) is 0 Å². The Hall–Kier alpha value is -0.770. The molecule has 0 fully saturated rings. The van der Waals surface area contributed by atoms with Crippen molar-refractivity contribution in [2.75, 3.05) is 10.0 Å². The van der Waals surface area contributed by atoms with Gasteiger partial charge in [0.25, 0.3) is 0 Å². The number of hydrogen-bond acceptors (Lipinski definition) is 3. The van der Waals surface area contributed by atoms with Crippen molar-refractivity contribution in [1.82, 2.24) is 0 Å². The van der Waals surface area contributed by atoms with Crippen LogP contribution in [0.25, 0.3) is 0 Å². The third-order valence-electron chi connectivity index (χ3n) is 2.11. The van der Waals surface area contributed by atoms with E-state index in [0.717, 1.165) is 6.07 Å². The van der Waals surface area contributed by atoms with Crippen molar-refractivity contribution in [3.63, 3.8) is 0 Å². The van der Waals surface area contributed by atoms with Crippen LogP contribution in [0.3, 0.4) is 0 Å². The number of carbonyl (C=O) groups excluding carboxylic acids is 1. The van der Waals surface area contributed by atoms with Gasteiger partial charge in [-0.3, -0.25) is 9.52 Å². The molecular weight excluding hydrogens is 308 g/mol. The van der Waals surface area contributed by atoms with E-state index in [9.17, 15) is 26.4 Å². The minimum absolute atomic E-state index is 0. The third-order valence-corrected chi connectivity index (χ3v) is 3.21. The van der Waals surface area contributed by atoms with Crippen molar-refractivity contribution in [3.8, 4) is 0 Å². The van der Waals surface area contributed by atoms with Crippen LogP contribution in [-0.2, 0) is 14.8 Å². The average molecular weight is 320 g/mol. The second-order valence-corrected chi connectivity index (χ2v) is 5.44. The fraction of sp³-hybridized carbons (Fsp3) is 0.300. The number of nitrogens with one attached hydrogen (secondary N) is 2. The maximum Gasteiger partial charge on any atom is 1.00 e. The quantitative estimate of drug-likeness (QED) is 0.726. The normalized spacial score (nSPS) is 11.4. The molecule has 10 heteroatoms. The molecule has 20 heavy (non-hydrogen) atoms. The standard InChI is InChI=1S/C10H11F3N2O3S.Na.H/c1-6-3-4-8(14-7(2)16)5-9(6)15-19(17,18)10(11,12)13;;/h3-5,15H,1-2H3,(H,14,16);;/q;+1;-1. The van der Waals surface area contributed by atoms with E-state index < -0.39 is 21.4 Å². The predicted octanol–water partition coefficient (Wildman–Crippen LogP) is -0.669. The summed E-state index contributed by atoms with van der Waals surface area (Å²) < 4.78 is 60.1. The van der Waals surface area contributed by atoms with Crippen LogP contribution >= 0.6 is 0 Å². The number of aryl methyl sites for hydroxylation is 1. The molecule has 0 atom stereocenters.